The minimum absolute atomic E-state index is 0.0581. The monoisotopic (exact) mass is 304 g/mol. The van der Waals surface area contributed by atoms with Crippen molar-refractivity contribution in [3.63, 3.8) is 0 Å². The maximum Gasteiger partial charge on any atom is 0.274 e. The van der Waals surface area contributed by atoms with Gasteiger partial charge in [0.15, 0.2) is 11.4 Å². The lowest BCUT2D eigenvalue weighted by molar-refractivity contribution is 0.0683. The standard InChI is InChI=1S/C15H13ClN2O3/c16-11-3-1-10(2-4-11)9-18-8-7-17-6-5-12(19)14(20)13(17)15(18)21/h1-6,20H,7-9H2. The van der Waals surface area contributed by atoms with E-state index in [-0.39, 0.29) is 11.6 Å². The van der Waals surface area contributed by atoms with Gasteiger partial charge in [0.05, 0.1) is 0 Å². The minimum Gasteiger partial charge on any atom is -0.503 e. The maximum atomic E-state index is 12.4. The summed E-state index contributed by atoms with van der Waals surface area (Å²) < 4.78 is 1.61. The third-order valence-electron chi connectivity index (χ3n) is 3.54. The van der Waals surface area contributed by atoms with Gasteiger partial charge in [-0.1, -0.05) is 23.7 Å². The van der Waals surface area contributed by atoms with Crippen LogP contribution in [0.5, 0.6) is 5.75 Å². The molecule has 0 spiro atoms. The van der Waals surface area contributed by atoms with Crippen LogP contribution >= 0.6 is 11.6 Å². The van der Waals surface area contributed by atoms with Crippen LogP contribution in [0.1, 0.15) is 16.1 Å². The first-order valence-electron chi connectivity index (χ1n) is 6.52. The SMILES string of the molecule is O=C1c2c(O)c(=O)ccn2CCN1Cc1ccc(Cl)cc1. The van der Waals surface area contributed by atoms with Crippen LogP contribution in [0.2, 0.25) is 5.02 Å². The Balaban J connectivity index is 1.90. The molecule has 3 rings (SSSR count). The highest BCUT2D eigenvalue weighted by Gasteiger charge is 2.27. The molecule has 1 amide bonds. The summed E-state index contributed by atoms with van der Waals surface area (Å²) in [5.41, 5.74) is 0.463. The van der Waals surface area contributed by atoms with E-state index in [4.69, 9.17) is 11.6 Å². The zero-order chi connectivity index (χ0) is 15.0. The highest BCUT2D eigenvalue weighted by atomic mass is 35.5. The predicted octanol–water partition coefficient (Wildman–Crippen LogP) is 1.86. The average molecular weight is 305 g/mol. The smallest absolute Gasteiger partial charge is 0.274 e. The largest absolute Gasteiger partial charge is 0.503 e. The van der Waals surface area contributed by atoms with Gasteiger partial charge < -0.3 is 14.6 Å². The molecule has 0 unspecified atom stereocenters. The summed E-state index contributed by atoms with van der Waals surface area (Å²) in [5.74, 6) is -0.824. The lowest BCUT2D eigenvalue weighted by Crippen LogP contribution is -2.41. The number of carbonyl (C=O) groups excluding carboxylic acids is 1. The molecule has 1 aromatic carbocycles. The van der Waals surface area contributed by atoms with E-state index in [1.807, 2.05) is 12.1 Å². The molecule has 0 atom stereocenters. The van der Waals surface area contributed by atoms with E-state index < -0.39 is 11.2 Å². The summed E-state index contributed by atoms with van der Waals surface area (Å²) >= 11 is 5.84. The van der Waals surface area contributed by atoms with Crippen molar-refractivity contribution >= 4 is 17.5 Å². The van der Waals surface area contributed by atoms with Crippen molar-refractivity contribution in [3.8, 4) is 5.75 Å². The number of halogens is 1. The van der Waals surface area contributed by atoms with Gasteiger partial charge in [0, 0.05) is 36.9 Å². The Morgan fingerprint density at radius 3 is 2.52 bits per heavy atom. The van der Waals surface area contributed by atoms with E-state index in [0.29, 0.717) is 24.7 Å². The number of pyridine rings is 1. The van der Waals surface area contributed by atoms with E-state index >= 15 is 0 Å². The molecule has 1 aliphatic rings. The van der Waals surface area contributed by atoms with Crippen LogP contribution in [0.25, 0.3) is 0 Å². The van der Waals surface area contributed by atoms with Crippen LogP contribution in [0.4, 0.5) is 0 Å². The first kappa shape index (κ1) is 13.7. The van der Waals surface area contributed by atoms with Gasteiger partial charge in [-0.25, -0.2) is 0 Å². The van der Waals surface area contributed by atoms with E-state index in [9.17, 15) is 14.7 Å². The molecule has 0 bridgehead atoms. The first-order chi connectivity index (χ1) is 10.1. The Labute approximate surface area is 126 Å². The molecule has 2 aromatic rings. The molecule has 0 fully saturated rings. The predicted molar refractivity (Wildman–Crippen MR) is 78.6 cm³/mol. The van der Waals surface area contributed by atoms with Crippen LogP contribution < -0.4 is 5.43 Å². The molecule has 2 heterocycles. The molecule has 0 radical (unpaired) electrons. The molecule has 21 heavy (non-hydrogen) atoms. The van der Waals surface area contributed by atoms with Crippen LogP contribution in [0.3, 0.4) is 0 Å². The first-order valence-corrected chi connectivity index (χ1v) is 6.90. The number of rotatable bonds is 2. The number of amides is 1. The van der Waals surface area contributed by atoms with E-state index in [0.717, 1.165) is 5.56 Å². The van der Waals surface area contributed by atoms with Gasteiger partial charge in [-0.3, -0.25) is 9.59 Å². The highest BCUT2D eigenvalue weighted by Crippen LogP contribution is 2.20. The fourth-order valence-corrected chi connectivity index (χ4v) is 2.54. The van der Waals surface area contributed by atoms with Crippen LogP contribution in [0, 0.1) is 0 Å². The molecule has 0 saturated heterocycles. The summed E-state index contributed by atoms with van der Waals surface area (Å²) in [4.78, 5) is 25.5. The van der Waals surface area contributed by atoms with E-state index in [2.05, 4.69) is 0 Å². The second-order valence-electron chi connectivity index (χ2n) is 4.92. The number of hydrogen-bond donors (Lipinski definition) is 1. The van der Waals surface area contributed by atoms with Crippen LogP contribution in [-0.2, 0) is 13.1 Å². The van der Waals surface area contributed by atoms with Crippen molar-refractivity contribution in [3.05, 3.63) is 63.0 Å². The molecule has 5 nitrogen and oxygen atoms in total. The van der Waals surface area contributed by atoms with E-state index in [1.165, 1.54) is 12.3 Å². The number of hydrogen-bond acceptors (Lipinski definition) is 3. The number of nitrogens with zero attached hydrogens (tertiary/aromatic N) is 2. The summed E-state index contributed by atoms with van der Waals surface area (Å²) in [6, 6.07) is 8.49. The Hall–Kier alpha value is -2.27. The number of carbonyl (C=O) groups is 1. The van der Waals surface area contributed by atoms with Crippen molar-refractivity contribution < 1.29 is 9.90 Å². The summed E-state index contributed by atoms with van der Waals surface area (Å²) in [6.45, 7) is 1.48. The van der Waals surface area contributed by atoms with Gasteiger partial charge in [-0.2, -0.15) is 0 Å². The summed E-state index contributed by atoms with van der Waals surface area (Å²) in [7, 11) is 0. The quantitative estimate of drug-likeness (QED) is 0.921. The molecular weight excluding hydrogens is 292 g/mol. The van der Waals surface area contributed by atoms with Gasteiger partial charge in [0.25, 0.3) is 5.91 Å². The van der Waals surface area contributed by atoms with Crippen LogP contribution in [0.15, 0.2) is 41.3 Å². The Bertz CT molecular complexity index is 753. The molecule has 108 valence electrons. The van der Waals surface area contributed by atoms with Crippen molar-refractivity contribution in [2.45, 2.75) is 13.1 Å². The fraction of sp³-hybridized carbons (Fsp3) is 0.200. The van der Waals surface area contributed by atoms with Crippen molar-refractivity contribution in [1.82, 2.24) is 9.47 Å². The Morgan fingerprint density at radius 1 is 1.10 bits per heavy atom. The summed E-state index contributed by atoms with van der Waals surface area (Å²) in [6.07, 6.45) is 1.54. The molecule has 0 saturated carbocycles. The molecule has 1 aromatic heterocycles. The third kappa shape index (κ3) is 2.52. The lowest BCUT2D eigenvalue weighted by atomic mass is 10.1. The molecule has 1 aliphatic heterocycles. The van der Waals surface area contributed by atoms with Gasteiger partial charge >= 0.3 is 0 Å². The second kappa shape index (κ2) is 5.26. The molecule has 6 heteroatoms. The number of benzene rings is 1. The Morgan fingerprint density at radius 2 is 1.81 bits per heavy atom. The van der Waals surface area contributed by atoms with Gasteiger partial charge in [0.2, 0.25) is 5.43 Å². The number of aromatic hydroxyl groups is 1. The van der Waals surface area contributed by atoms with Crippen molar-refractivity contribution in [2.75, 3.05) is 6.54 Å². The highest BCUT2D eigenvalue weighted by molar-refractivity contribution is 6.30. The maximum absolute atomic E-state index is 12.4. The zero-order valence-electron chi connectivity index (χ0n) is 11.1. The molecule has 1 N–H and O–H groups in total. The number of aromatic nitrogens is 1. The fourth-order valence-electron chi connectivity index (χ4n) is 2.42. The second-order valence-corrected chi connectivity index (χ2v) is 5.36. The minimum atomic E-state index is -0.539. The van der Waals surface area contributed by atoms with Crippen molar-refractivity contribution in [2.24, 2.45) is 0 Å². The van der Waals surface area contributed by atoms with E-state index in [1.54, 1.807) is 21.6 Å². The molecular formula is C15H13ClN2O3. The van der Waals surface area contributed by atoms with Gasteiger partial charge in [-0.05, 0) is 17.7 Å². The van der Waals surface area contributed by atoms with Crippen LogP contribution in [-0.4, -0.2) is 27.0 Å². The summed E-state index contributed by atoms with van der Waals surface area (Å²) in [5, 5.41) is 10.5. The zero-order valence-corrected chi connectivity index (χ0v) is 11.9. The topological polar surface area (TPSA) is 62.5 Å². The lowest BCUT2D eigenvalue weighted by Gasteiger charge is -2.30. The normalized spacial score (nSPS) is 14.1. The number of fused-ring (bicyclic) bond motifs is 1. The van der Waals surface area contributed by atoms with Gasteiger partial charge in [0.1, 0.15) is 0 Å². The molecule has 0 aliphatic carbocycles. The van der Waals surface area contributed by atoms with Crippen molar-refractivity contribution in [1.29, 1.82) is 0 Å². The Kier molecular flexibility index (Phi) is 3.43. The van der Waals surface area contributed by atoms with Gasteiger partial charge in [-0.15, -0.1) is 0 Å². The third-order valence-corrected chi connectivity index (χ3v) is 3.79. The average Bonchev–Trinajstić information content (AvgIpc) is 2.48.